The lowest BCUT2D eigenvalue weighted by atomic mass is 9.83. The first-order valence-corrected chi connectivity index (χ1v) is 8.85. The molecule has 0 aromatic carbocycles. The zero-order valence-corrected chi connectivity index (χ0v) is 13.4. The Kier molecular flexibility index (Phi) is 4.40. The van der Waals surface area contributed by atoms with E-state index in [-0.39, 0.29) is 0 Å². The minimum absolute atomic E-state index is 0.461. The van der Waals surface area contributed by atoms with Crippen molar-refractivity contribution in [1.82, 2.24) is 9.80 Å². The Morgan fingerprint density at radius 3 is 2.45 bits per heavy atom. The second kappa shape index (κ2) is 5.94. The van der Waals surface area contributed by atoms with Crippen LogP contribution in [0.15, 0.2) is 0 Å². The van der Waals surface area contributed by atoms with E-state index in [1.165, 1.54) is 51.7 Å². The van der Waals surface area contributed by atoms with Crippen LogP contribution in [0, 0.1) is 5.92 Å². The predicted octanol–water partition coefficient (Wildman–Crippen LogP) is 2.49. The molecule has 2 saturated heterocycles. The van der Waals surface area contributed by atoms with Crippen LogP contribution in [0.4, 0.5) is 0 Å². The fourth-order valence-electron chi connectivity index (χ4n) is 4.41. The summed E-state index contributed by atoms with van der Waals surface area (Å²) in [5, 5.41) is 10.6. The van der Waals surface area contributed by atoms with Gasteiger partial charge in [0.2, 0.25) is 0 Å². The molecule has 2 unspecified atom stereocenters. The summed E-state index contributed by atoms with van der Waals surface area (Å²) in [4.78, 5) is 5.38. The average molecular weight is 280 g/mol. The monoisotopic (exact) mass is 280 g/mol. The first kappa shape index (κ1) is 14.8. The van der Waals surface area contributed by atoms with Crippen LogP contribution in [0.3, 0.4) is 0 Å². The van der Waals surface area contributed by atoms with Gasteiger partial charge < -0.3 is 10.0 Å². The molecule has 116 valence electrons. The molecule has 0 aromatic rings. The summed E-state index contributed by atoms with van der Waals surface area (Å²) >= 11 is 0. The molecule has 2 aliphatic heterocycles. The minimum Gasteiger partial charge on any atom is -0.389 e. The molecule has 0 radical (unpaired) electrons. The molecule has 1 N–H and O–H groups in total. The molecule has 0 aromatic heterocycles. The van der Waals surface area contributed by atoms with Crippen molar-refractivity contribution in [2.75, 3.05) is 26.2 Å². The van der Waals surface area contributed by atoms with Gasteiger partial charge in [-0.2, -0.15) is 0 Å². The molecule has 3 rings (SSSR count). The maximum absolute atomic E-state index is 10.6. The lowest BCUT2D eigenvalue weighted by Crippen LogP contribution is -2.56. The maximum atomic E-state index is 10.6. The first-order chi connectivity index (χ1) is 9.65. The van der Waals surface area contributed by atoms with Crippen LogP contribution in [0.5, 0.6) is 0 Å². The lowest BCUT2D eigenvalue weighted by Gasteiger charge is -2.48. The van der Waals surface area contributed by atoms with Crippen molar-refractivity contribution in [2.45, 2.75) is 76.5 Å². The lowest BCUT2D eigenvalue weighted by molar-refractivity contribution is -0.0383. The van der Waals surface area contributed by atoms with E-state index in [2.05, 4.69) is 23.6 Å². The Hall–Kier alpha value is -0.120. The molecule has 1 aliphatic carbocycles. The second-order valence-electron chi connectivity index (χ2n) is 7.39. The van der Waals surface area contributed by atoms with Gasteiger partial charge in [-0.15, -0.1) is 0 Å². The third-order valence-electron chi connectivity index (χ3n) is 6.05. The SMILES string of the molecule is CCC(O)(CC)CN1CCC2C(CCCN2C2CC2)C1. The van der Waals surface area contributed by atoms with Gasteiger partial charge in [0.1, 0.15) is 0 Å². The number of β-amino-alcohol motifs (C(OH)–C–C–N with tert-alkyl or cyclic N) is 1. The molecule has 3 fully saturated rings. The van der Waals surface area contributed by atoms with Crippen molar-refractivity contribution < 1.29 is 5.11 Å². The van der Waals surface area contributed by atoms with Crippen LogP contribution in [0.2, 0.25) is 0 Å². The van der Waals surface area contributed by atoms with E-state index < -0.39 is 5.60 Å². The van der Waals surface area contributed by atoms with Crippen LogP contribution in [-0.4, -0.2) is 58.8 Å². The van der Waals surface area contributed by atoms with E-state index in [1.807, 2.05) is 0 Å². The Bertz CT molecular complexity index is 325. The quantitative estimate of drug-likeness (QED) is 0.838. The van der Waals surface area contributed by atoms with Gasteiger partial charge in [-0.05, 0) is 64.0 Å². The highest BCUT2D eigenvalue weighted by molar-refractivity contribution is 4.97. The zero-order chi connectivity index (χ0) is 14.2. The number of nitrogens with zero attached hydrogens (tertiary/aromatic N) is 2. The largest absolute Gasteiger partial charge is 0.389 e. The van der Waals surface area contributed by atoms with E-state index >= 15 is 0 Å². The number of likely N-dealkylation sites (tertiary alicyclic amines) is 2. The Labute approximate surface area is 124 Å². The molecular formula is C17H32N2O. The van der Waals surface area contributed by atoms with Gasteiger partial charge in [-0.3, -0.25) is 4.90 Å². The van der Waals surface area contributed by atoms with E-state index in [0.29, 0.717) is 0 Å². The molecule has 3 heteroatoms. The average Bonchev–Trinajstić information content (AvgIpc) is 3.31. The van der Waals surface area contributed by atoms with Crippen LogP contribution in [-0.2, 0) is 0 Å². The molecule has 2 heterocycles. The van der Waals surface area contributed by atoms with E-state index in [0.717, 1.165) is 37.4 Å². The molecule has 0 amide bonds. The number of rotatable bonds is 5. The highest BCUT2D eigenvalue weighted by Crippen LogP contribution is 2.38. The number of aliphatic hydroxyl groups is 1. The Morgan fingerprint density at radius 2 is 1.80 bits per heavy atom. The second-order valence-corrected chi connectivity index (χ2v) is 7.39. The Balaban J connectivity index is 1.58. The number of hydrogen-bond donors (Lipinski definition) is 1. The molecular weight excluding hydrogens is 248 g/mol. The summed E-state index contributed by atoms with van der Waals surface area (Å²) in [6, 6.07) is 1.78. The molecule has 0 bridgehead atoms. The van der Waals surface area contributed by atoms with Gasteiger partial charge in [0.05, 0.1) is 5.60 Å². The molecule has 3 nitrogen and oxygen atoms in total. The third-order valence-corrected chi connectivity index (χ3v) is 6.05. The van der Waals surface area contributed by atoms with Crippen LogP contribution in [0.1, 0.15) is 58.8 Å². The van der Waals surface area contributed by atoms with Gasteiger partial charge in [-0.25, -0.2) is 0 Å². The van der Waals surface area contributed by atoms with Crippen molar-refractivity contribution in [3.05, 3.63) is 0 Å². The van der Waals surface area contributed by atoms with Gasteiger partial charge in [-0.1, -0.05) is 13.8 Å². The summed E-state index contributed by atoms with van der Waals surface area (Å²) in [6.07, 6.45) is 8.75. The summed E-state index contributed by atoms with van der Waals surface area (Å²) in [7, 11) is 0. The fraction of sp³-hybridized carbons (Fsp3) is 1.00. The first-order valence-electron chi connectivity index (χ1n) is 8.85. The van der Waals surface area contributed by atoms with E-state index in [1.54, 1.807) is 0 Å². The molecule has 20 heavy (non-hydrogen) atoms. The summed E-state index contributed by atoms with van der Waals surface area (Å²) in [6.45, 7) is 8.87. The smallest absolute Gasteiger partial charge is 0.0768 e. The van der Waals surface area contributed by atoms with Gasteiger partial charge in [0.25, 0.3) is 0 Å². The van der Waals surface area contributed by atoms with Gasteiger partial charge >= 0.3 is 0 Å². The third kappa shape index (κ3) is 3.05. The normalized spacial score (nSPS) is 33.1. The van der Waals surface area contributed by atoms with E-state index in [9.17, 15) is 5.11 Å². The van der Waals surface area contributed by atoms with Crippen LogP contribution < -0.4 is 0 Å². The molecule has 3 aliphatic rings. The summed E-state index contributed by atoms with van der Waals surface area (Å²) in [5.74, 6) is 0.857. The van der Waals surface area contributed by atoms with E-state index in [4.69, 9.17) is 0 Å². The molecule has 0 spiro atoms. The number of fused-ring (bicyclic) bond motifs is 1. The summed E-state index contributed by atoms with van der Waals surface area (Å²) < 4.78 is 0. The zero-order valence-electron chi connectivity index (χ0n) is 13.4. The topological polar surface area (TPSA) is 26.7 Å². The summed E-state index contributed by atoms with van der Waals surface area (Å²) in [5.41, 5.74) is -0.461. The van der Waals surface area contributed by atoms with Crippen molar-refractivity contribution in [2.24, 2.45) is 5.92 Å². The van der Waals surface area contributed by atoms with Crippen molar-refractivity contribution >= 4 is 0 Å². The van der Waals surface area contributed by atoms with Crippen LogP contribution in [0.25, 0.3) is 0 Å². The Morgan fingerprint density at radius 1 is 1.05 bits per heavy atom. The highest BCUT2D eigenvalue weighted by Gasteiger charge is 2.42. The maximum Gasteiger partial charge on any atom is 0.0768 e. The predicted molar refractivity (Wildman–Crippen MR) is 82.8 cm³/mol. The van der Waals surface area contributed by atoms with Crippen molar-refractivity contribution in [3.8, 4) is 0 Å². The van der Waals surface area contributed by atoms with Crippen LogP contribution >= 0.6 is 0 Å². The standard InChI is InChI=1S/C17H32N2O/c1-3-17(20,4-2)13-18-11-9-16-14(12-18)6-5-10-19(16)15-7-8-15/h14-16,20H,3-13H2,1-2H3. The molecule has 1 saturated carbocycles. The highest BCUT2D eigenvalue weighted by atomic mass is 16.3. The number of piperidine rings is 2. The van der Waals surface area contributed by atoms with Gasteiger partial charge in [0, 0.05) is 25.2 Å². The van der Waals surface area contributed by atoms with Gasteiger partial charge in [0.15, 0.2) is 0 Å². The van der Waals surface area contributed by atoms with Crippen molar-refractivity contribution in [1.29, 1.82) is 0 Å². The molecule has 2 atom stereocenters. The van der Waals surface area contributed by atoms with Crippen molar-refractivity contribution in [3.63, 3.8) is 0 Å². The fourth-order valence-corrected chi connectivity index (χ4v) is 4.41. The minimum atomic E-state index is -0.461. The number of hydrogen-bond acceptors (Lipinski definition) is 3.